The van der Waals surface area contributed by atoms with Gasteiger partial charge in [0.1, 0.15) is 0 Å². The van der Waals surface area contributed by atoms with Gasteiger partial charge in [0.25, 0.3) is 0 Å². The fraction of sp³-hybridized carbons (Fsp3) is 0.778. The van der Waals surface area contributed by atoms with Crippen LogP contribution in [-0.4, -0.2) is 38.3 Å². The second-order valence-corrected chi connectivity index (χ2v) is 4.91. The number of likely N-dealkylation sites (tertiary alicyclic amines) is 1. The number of hydrogen-bond donors (Lipinski definition) is 1. The van der Waals surface area contributed by atoms with E-state index in [0.717, 1.165) is 25.3 Å². The summed E-state index contributed by atoms with van der Waals surface area (Å²) in [4.78, 5) is 2.19. The van der Waals surface area contributed by atoms with E-state index in [1.165, 1.54) is 11.5 Å². The van der Waals surface area contributed by atoms with Gasteiger partial charge in [-0.05, 0) is 17.5 Å². The Morgan fingerprint density at radius 3 is 2.86 bits per heavy atom. The SMILES string of the molecule is CC(C)C1(O)CN(Cc2csnn2)C1. The van der Waals surface area contributed by atoms with Crippen molar-refractivity contribution in [1.82, 2.24) is 14.5 Å². The molecule has 0 spiro atoms. The molecule has 14 heavy (non-hydrogen) atoms. The standard InChI is InChI=1S/C9H15N3OS/c1-7(2)9(13)5-12(6-9)3-8-4-14-11-10-8/h4,7,13H,3,5-6H2,1-2H3. The minimum Gasteiger partial charge on any atom is -0.387 e. The van der Waals surface area contributed by atoms with Crippen LogP contribution in [0.2, 0.25) is 0 Å². The third-order valence-corrected chi connectivity index (χ3v) is 3.41. The van der Waals surface area contributed by atoms with Crippen LogP contribution in [0, 0.1) is 5.92 Å². The van der Waals surface area contributed by atoms with Crippen LogP contribution in [0.5, 0.6) is 0 Å². The zero-order valence-corrected chi connectivity index (χ0v) is 9.29. The molecule has 5 heteroatoms. The van der Waals surface area contributed by atoms with Gasteiger partial charge in [-0.1, -0.05) is 18.3 Å². The normalized spacial score (nSPS) is 21.1. The summed E-state index contributed by atoms with van der Waals surface area (Å²) >= 11 is 1.37. The van der Waals surface area contributed by atoms with E-state index in [4.69, 9.17) is 0 Å². The molecule has 4 nitrogen and oxygen atoms in total. The maximum atomic E-state index is 10.0. The summed E-state index contributed by atoms with van der Waals surface area (Å²) in [7, 11) is 0. The predicted octanol–water partition coefficient (Wildman–Crippen LogP) is 0.741. The summed E-state index contributed by atoms with van der Waals surface area (Å²) in [6, 6.07) is 0. The van der Waals surface area contributed by atoms with E-state index < -0.39 is 5.60 Å². The van der Waals surface area contributed by atoms with E-state index in [-0.39, 0.29) is 0 Å². The monoisotopic (exact) mass is 213 g/mol. The molecule has 78 valence electrons. The zero-order chi connectivity index (χ0) is 10.2. The van der Waals surface area contributed by atoms with Crippen LogP contribution in [0.25, 0.3) is 0 Å². The summed E-state index contributed by atoms with van der Waals surface area (Å²) in [6.45, 7) is 6.43. The summed E-state index contributed by atoms with van der Waals surface area (Å²) < 4.78 is 3.81. The van der Waals surface area contributed by atoms with Gasteiger partial charge in [-0.2, -0.15) is 0 Å². The van der Waals surface area contributed by atoms with Gasteiger partial charge in [-0.3, -0.25) is 4.90 Å². The smallest absolute Gasteiger partial charge is 0.0923 e. The first-order chi connectivity index (χ1) is 6.60. The van der Waals surface area contributed by atoms with Gasteiger partial charge in [-0.15, -0.1) is 5.10 Å². The van der Waals surface area contributed by atoms with Gasteiger partial charge < -0.3 is 5.11 Å². The molecule has 1 N–H and O–H groups in total. The zero-order valence-electron chi connectivity index (χ0n) is 8.47. The minimum atomic E-state index is -0.483. The molecule has 1 aliphatic rings. The fourth-order valence-electron chi connectivity index (χ4n) is 1.69. The molecule has 2 heterocycles. The molecular weight excluding hydrogens is 198 g/mol. The molecule has 0 radical (unpaired) electrons. The molecule has 0 aromatic carbocycles. The van der Waals surface area contributed by atoms with Gasteiger partial charge in [-0.25, -0.2) is 0 Å². The van der Waals surface area contributed by atoms with Crippen LogP contribution in [-0.2, 0) is 6.54 Å². The average Bonchev–Trinajstić information content (AvgIpc) is 2.53. The quantitative estimate of drug-likeness (QED) is 0.804. The Hall–Kier alpha value is -0.520. The molecule has 0 bridgehead atoms. The second kappa shape index (κ2) is 3.56. The Bertz CT molecular complexity index is 293. The number of hydrogen-bond acceptors (Lipinski definition) is 5. The molecular formula is C9H15N3OS. The van der Waals surface area contributed by atoms with E-state index >= 15 is 0 Å². The lowest BCUT2D eigenvalue weighted by Crippen LogP contribution is -2.63. The van der Waals surface area contributed by atoms with Gasteiger partial charge in [0.2, 0.25) is 0 Å². The number of rotatable bonds is 3. The number of aromatic nitrogens is 2. The lowest BCUT2D eigenvalue weighted by Gasteiger charge is -2.48. The van der Waals surface area contributed by atoms with Crippen molar-refractivity contribution in [2.75, 3.05) is 13.1 Å². The van der Waals surface area contributed by atoms with Crippen LogP contribution < -0.4 is 0 Å². The molecule has 0 amide bonds. The Labute approximate surface area is 87.7 Å². The van der Waals surface area contributed by atoms with Crippen molar-refractivity contribution in [2.45, 2.75) is 26.0 Å². The van der Waals surface area contributed by atoms with Crippen molar-refractivity contribution in [2.24, 2.45) is 5.92 Å². The van der Waals surface area contributed by atoms with Crippen molar-refractivity contribution >= 4 is 11.5 Å². The van der Waals surface area contributed by atoms with Crippen LogP contribution in [0.3, 0.4) is 0 Å². The largest absolute Gasteiger partial charge is 0.387 e. The topological polar surface area (TPSA) is 49.2 Å². The molecule has 0 saturated carbocycles. The Morgan fingerprint density at radius 2 is 2.36 bits per heavy atom. The summed E-state index contributed by atoms with van der Waals surface area (Å²) in [5.74, 6) is 0.326. The first kappa shape index (κ1) is 10.0. The van der Waals surface area contributed by atoms with E-state index in [1.807, 2.05) is 5.38 Å². The van der Waals surface area contributed by atoms with E-state index in [2.05, 4.69) is 28.3 Å². The first-order valence-electron chi connectivity index (χ1n) is 4.81. The summed E-state index contributed by atoms with van der Waals surface area (Å²) in [5, 5.41) is 15.9. The Morgan fingerprint density at radius 1 is 1.64 bits per heavy atom. The molecule has 2 rings (SSSR count). The number of nitrogens with zero attached hydrogens (tertiary/aromatic N) is 3. The highest BCUT2D eigenvalue weighted by Crippen LogP contribution is 2.29. The third-order valence-electron chi connectivity index (χ3n) is 2.86. The van der Waals surface area contributed by atoms with Gasteiger partial charge >= 0.3 is 0 Å². The fourth-order valence-corrected chi connectivity index (χ4v) is 2.13. The van der Waals surface area contributed by atoms with E-state index in [0.29, 0.717) is 5.92 Å². The lowest BCUT2D eigenvalue weighted by molar-refractivity contribution is -0.131. The van der Waals surface area contributed by atoms with Gasteiger partial charge in [0, 0.05) is 25.0 Å². The minimum absolute atomic E-state index is 0.326. The van der Waals surface area contributed by atoms with Crippen molar-refractivity contribution in [1.29, 1.82) is 0 Å². The number of β-amino-alcohol motifs (C(OH)–C–C–N with tert-alkyl or cyclic N) is 1. The summed E-state index contributed by atoms with van der Waals surface area (Å²) in [5.41, 5.74) is 0.518. The molecule has 0 aliphatic carbocycles. The first-order valence-corrected chi connectivity index (χ1v) is 5.64. The Kier molecular flexibility index (Phi) is 2.55. The highest BCUT2D eigenvalue weighted by molar-refractivity contribution is 7.03. The molecule has 1 aliphatic heterocycles. The Balaban J connectivity index is 1.84. The van der Waals surface area contributed by atoms with Crippen LogP contribution in [0.1, 0.15) is 19.5 Å². The van der Waals surface area contributed by atoms with E-state index in [9.17, 15) is 5.11 Å². The van der Waals surface area contributed by atoms with Gasteiger partial charge in [0.15, 0.2) is 0 Å². The molecule has 0 atom stereocenters. The van der Waals surface area contributed by atoms with E-state index in [1.54, 1.807) is 0 Å². The lowest BCUT2D eigenvalue weighted by atomic mass is 9.83. The second-order valence-electron chi connectivity index (χ2n) is 4.30. The average molecular weight is 213 g/mol. The van der Waals surface area contributed by atoms with Crippen molar-refractivity contribution in [3.8, 4) is 0 Å². The van der Waals surface area contributed by atoms with Crippen molar-refractivity contribution in [3.63, 3.8) is 0 Å². The molecule has 1 aromatic heterocycles. The molecule has 1 fully saturated rings. The summed E-state index contributed by atoms with van der Waals surface area (Å²) in [6.07, 6.45) is 0. The van der Waals surface area contributed by atoms with Crippen molar-refractivity contribution < 1.29 is 5.11 Å². The van der Waals surface area contributed by atoms with Crippen LogP contribution >= 0.6 is 11.5 Å². The highest BCUT2D eigenvalue weighted by Gasteiger charge is 2.43. The highest BCUT2D eigenvalue weighted by atomic mass is 32.1. The molecule has 0 unspecified atom stereocenters. The third kappa shape index (κ3) is 1.80. The maximum absolute atomic E-state index is 10.0. The van der Waals surface area contributed by atoms with Crippen LogP contribution in [0.4, 0.5) is 0 Å². The maximum Gasteiger partial charge on any atom is 0.0923 e. The van der Waals surface area contributed by atoms with Crippen LogP contribution in [0.15, 0.2) is 5.38 Å². The predicted molar refractivity (Wildman–Crippen MR) is 55.0 cm³/mol. The molecule has 1 saturated heterocycles. The van der Waals surface area contributed by atoms with Gasteiger partial charge in [0.05, 0.1) is 11.3 Å². The van der Waals surface area contributed by atoms with Crippen molar-refractivity contribution in [3.05, 3.63) is 11.1 Å². The molecule has 1 aromatic rings. The number of aliphatic hydroxyl groups is 1.